The van der Waals surface area contributed by atoms with E-state index in [-0.39, 0.29) is 42.8 Å². The molecule has 1 amide bonds. The zero-order chi connectivity index (χ0) is 15.2. The van der Waals surface area contributed by atoms with E-state index in [2.05, 4.69) is 16.3 Å². The van der Waals surface area contributed by atoms with Crippen LogP contribution < -0.4 is 20.7 Å². The molecule has 1 aromatic rings. The smallest absolute Gasteiger partial charge is 0.220 e. The Morgan fingerprint density at radius 2 is 2.13 bits per heavy atom. The molecular formula is C16H27Cl2N3O2. The molecule has 0 aliphatic carbocycles. The van der Waals surface area contributed by atoms with Gasteiger partial charge in [0, 0.05) is 31.6 Å². The van der Waals surface area contributed by atoms with Crippen molar-refractivity contribution in [2.75, 3.05) is 25.1 Å². The zero-order valence-electron chi connectivity index (χ0n) is 13.7. The average molecular weight is 364 g/mol. The molecular weight excluding hydrogens is 337 g/mol. The summed E-state index contributed by atoms with van der Waals surface area (Å²) in [6.07, 6.45) is 2.19. The van der Waals surface area contributed by atoms with E-state index in [0.29, 0.717) is 6.42 Å². The Morgan fingerprint density at radius 3 is 2.78 bits per heavy atom. The van der Waals surface area contributed by atoms with E-state index in [9.17, 15) is 4.79 Å². The van der Waals surface area contributed by atoms with E-state index in [4.69, 9.17) is 10.5 Å². The maximum atomic E-state index is 11.9. The van der Waals surface area contributed by atoms with E-state index in [0.717, 1.165) is 37.4 Å². The van der Waals surface area contributed by atoms with Crippen LogP contribution in [0, 0.1) is 0 Å². The van der Waals surface area contributed by atoms with Gasteiger partial charge in [0.25, 0.3) is 0 Å². The second-order valence-corrected chi connectivity index (χ2v) is 5.69. The number of amides is 1. The van der Waals surface area contributed by atoms with E-state index >= 15 is 0 Å². The van der Waals surface area contributed by atoms with Crippen LogP contribution in [0.15, 0.2) is 24.3 Å². The minimum Gasteiger partial charge on any atom is -0.495 e. The molecule has 1 aliphatic rings. The minimum atomic E-state index is 0. The second-order valence-electron chi connectivity index (χ2n) is 5.69. The lowest BCUT2D eigenvalue weighted by Gasteiger charge is -2.21. The van der Waals surface area contributed by atoms with Crippen LogP contribution in [0.2, 0.25) is 0 Å². The van der Waals surface area contributed by atoms with Crippen LogP contribution in [-0.2, 0) is 4.79 Å². The molecule has 0 saturated carbocycles. The fraction of sp³-hybridized carbons (Fsp3) is 0.562. The molecule has 1 aromatic carbocycles. The molecule has 1 saturated heterocycles. The molecule has 3 N–H and O–H groups in total. The van der Waals surface area contributed by atoms with Crippen LogP contribution in [0.1, 0.15) is 26.2 Å². The molecule has 7 heteroatoms. The minimum absolute atomic E-state index is 0. The average Bonchev–Trinajstić information content (AvgIpc) is 2.93. The normalized spacial score (nSPS) is 17.7. The lowest BCUT2D eigenvalue weighted by molar-refractivity contribution is -0.121. The van der Waals surface area contributed by atoms with E-state index in [1.54, 1.807) is 7.11 Å². The molecule has 5 nitrogen and oxygen atoms in total. The number of hydrogen-bond acceptors (Lipinski definition) is 4. The number of ether oxygens (including phenoxy) is 1. The van der Waals surface area contributed by atoms with Crippen LogP contribution in [-0.4, -0.2) is 38.2 Å². The van der Waals surface area contributed by atoms with Crippen molar-refractivity contribution in [3.63, 3.8) is 0 Å². The van der Waals surface area contributed by atoms with Gasteiger partial charge in [0.1, 0.15) is 5.75 Å². The number of methoxy groups -OCH3 is 1. The third-order valence-electron chi connectivity index (χ3n) is 3.81. The first-order chi connectivity index (χ1) is 10.1. The van der Waals surface area contributed by atoms with Gasteiger partial charge >= 0.3 is 0 Å². The van der Waals surface area contributed by atoms with E-state index in [1.807, 2.05) is 25.1 Å². The SMILES string of the molecule is COc1ccccc1N1CCC(NC(=O)CCC(C)N)C1.Cl.Cl. The number of hydrogen-bond donors (Lipinski definition) is 2. The Balaban J connectivity index is 0.00000242. The molecule has 2 unspecified atom stereocenters. The number of carbonyl (C=O) groups excluding carboxylic acids is 1. The van der Waals surface area contributed by atoms with Crippen molar-refractivity contribution in [1.82, 2.24) is 5.32 Å². The number of rotatable bonds is 6. The molecule has 0 aromatic heterocycles. The van der Waals surface area contributed by atoms with Gasteiger partial charge in [0.15, 0.2) is 0 Å². The quantitative estimate of drug-likeness (QED) is 0.813. The molecule has 2 rings (SSSR count). The molecule has 0 radical (unpaired) electrons. The molecule has 0 bridgehead atoms. The maximum absolute atomic E-state index is 11.9. The molecule has 1 fully saturated rings. The van der Waals surface area contributed by atoms with Crippen LogP contribution in [0.4, 0.5) is 5.69 Å². The summed E-state index contributed by atoms with van der Waals surface area (Å²) in [7, 11) is 1.68. The number of nitrogens with one attached hydrogen (secondary N) is 1. The van der Waals surface area contributed by atoms with E-state index in [1.165, 1.54) is 0 Å². The Hall–Kier alpha value is -1.17. The van der Waals surface area contributed by atoms with Gasteiger partial charge in [-0.3, -0.25) is 4.79 Å². The largest absolute Gasteiger partial charge is 0.495 e. The number of carbonyl (C=O) groups is 1. The fourth-order valence-electron chi connectivity index (χ4n) is 2.65. The predicted molar refractivity (Wildman–Crippen MR) is 99.1 cm³/mol. The summed E-state index contributed by atoms with van der Waals surface area (Å²) >= 11 is 0. The summed E-state index contributed by atoms with van der Waals surface area (Å²) in [6, 6.07) is 8.26. The highest BCUT2D eigenvalue weighted by molar-refractivity contribution is 5.85. The van der Waals surface area contributed by atoms with Crippen LogP contribution in [0.25, 0.3) is 0 Å². The molecule has 1 heterocycles. The first-order valence-corrected chi connectivity index (χ1v) is 7.53. The standard InChI is InChI=1S/C16H25N3O2.2ClH/c1-12(17)7-8-16(20)18-13-9-10-19(11-13)14-5-3-4-6-15(14)21-2;;/h3-6,12-13H,7-11,17H2,1-2H3,(H,18,20);2*1H. The van der Waals surface area contributed by atoms with Crippen LogP contribution >= 0.6 is 24.8 Å². The van der Waals surface area contributed by atoms with Crippen LogP contribution in [0.5, 0.6) is 5.75 Å². The Bertz CT molecular complexity index is 486. The first kappa shape index (κ1) is 21.8. The number of anilines is 1. The number of nitrogens with two attached hydrogens (primary N) is 1. The number of para-hydroxylation sites is 2. The van der Waals surface area contributed by atoms with E-state index < -0.39 is 0 Å². The highest BCUT2D eigenvalue weighted by atomic mass is 35.5. The highest BCUT2D eigenvalue weighted by Gasteiger charge is 2.25. The van der Waals surface area contributed by atoms with Crippen molar-refractivity contribution < 1.29 is 9.53 Å². The summed E-state index contributed by atoms with van der Waals surface area (Å²) in [5.41, 5.74) is 6.77. The zero-order valence-corrected chi connectivity index (χ0v) is 15.3. The summed E-state index contributed by atoms with van der Waals surface area (Å²) < 4.78 is 5.40. The summed E-state index contributed by atoms with van der Waals surface area (Å²) in [6.45, 7) is 3.68. The monoisotopic (exact) mass is 363 g/mol. The lowest BCUT2D eigenvalue weighted by atomic mass is 10.2. The Morgan fingerprint density at radius 1 is 1.43 bits per heavy atom. The van der Waals surface area contributed by atoms with Gasteiger partial charge < -0.3 is 20.7 Å². The van der Waals surface area contributed by atoms with Crippen LogP contribution in [0.3, 0.4) is 0 Å². The lowest BCUT2D eigenvalue weighted by Crippen LogP contribution is -2.37. The maximum Gasteiger partial charge on any atom is 0.220 e. The molecule has 2 atom stereocenters. The molecule has 1 aliphatic heterocycles. The predicted octanol–water partition coefficient (Wildman–Crippen LogP) is 2.36. The molecule has 0 spiro atoms. The van der Waals surface area contributed by atoms with Gasteiger partial charge in [0.05, 0.1) is 12.8 Å². The third kappa shape index (κ3) is 6.45. The first-order valence-electron chi connectivity index (χ1n) is 7.53. The second kappa shape index (κ2) is 10.6. The van der Waals surface area contributed by atoms with Gasteiger partial charge in [-0.1, -0.05) is 12.1 Å². The number of halogens is 2. The van der Waals surface area contributed by atoms with Crippen molar-refractivity contribution in [1.29, 1.82) is 0 Å². The van der Waals surface area contributed by atoms with Gasteiger partial charge in [0.2, 0.25) is 5.91 Å². The third-order valence-corrected chi connectivity index (χ3v) is 3.81. The Labute approximate surface area is 150 Å². The van der Waals surface area contributed by atoms with Gasteiger partial charge in [-0.15, -0.1) is 24.8 Å². The van der Waals surface area contributed by atoms with Crippen molar-refractivity contribution in [3.8, 4) is 5.75 Å². The number of benzene rings is 1. The van der Waals surface area contributed by atoms with Gasteiger partial charge in [-0.05, 0) is 31.9 Å². The molecule has 23 heavy (non-hydrogen) atoms. The summed E-state index contributed by atoms with van der Waals surface area (Å²) in [5, 5.41) is 3.09. The topological polar surface area (TPSA) is 67.6 Å². The summed E-state index contributed by atoms with van der Waals surface area (Å²) in [4.78, 5) is 14.1. The van der Waals surface area contributed by atoms with Crippen molar-refractivity contribution in [2.45, 2.75) is 38.3 Å². The molecule has 132 valence electrons. The van der Waals surface area contributed by atoms with Crippen molar-refractivity contribution in [2.24, 2.45) is 5.73 Å². The van der Waals surface area contributed by atoms with Gasteiger partial charge in [-0.2, -0.15) is 0 Å². The summed E-state index contributed by atoms with van der Waals surface area (Å²) in [5.74, 6) is 0.973. The Kier molecular flexibility index (Phi) is 10.0. The van der Waals surface area contributed by atoms with Gasteiger partial charge in [-0.25, -0.2) is 0 Å². The highest BCUT2D eigenvalue weighted by Crippen LogP contribution is 2.30. The fourth-order valence-corrected chi connectivity index (χ4v) is 2.65. The number of nitrogens with zero attached hydrogens (tertiary/aromatic N) is 1. The van der Waals surface area contributed by atoms with Crippen molar-refractivity contribution in [3.05, 3.63) is 24.3 Å². The van der Waals surface area contributed by atoms with Crippen molar-refractivity contribution >= 4 is 36.4 Å².